The molecule has 4 aromatic carbocycles. The predicted octanol–water partition coefficient (Wildman–Crippen LogP) is 9.50. The van der Waals surface area contributed by atoms with Crippen LogP contribution < -0.4 is 14.4 Å². The number of nitrogens with zero attached hydrogens (tertiary/aromatic N) is 4. The average molecular weight is 970 g/mol. The first-order chi connectivity index (χ1) is 29.7. The van der Waals surface area contributed by atoms with E-state index in [2.05, 4.69) is 158 Å². The molecule has 0 saturated carbocycles. The minimum Gasteiger partial charge on any atom is -0.372 e. The van der Waals surface area contributed by atoms with E-state index in [4.69, 9.17) is 0 Å². The van der Waals surface area contributed by atoms with Crippen LogP contribution in [-0.4, -0.2) is 97.0 Å². The molecule has 0 saturated heterocycles. The molecule has 5 rings (SSSR count). The summed E-state index contributed by atoms with van der Waals surface area (Å²) in [6.07, 6.45) is 4.63. The fourth-order valence-electron chi connectivity index (χ4n) is 7.13. The van der Waals surface area contributed by atoms with Crippen LogP contribution in [0, 0.1) is 3.91 Å². The Morgan fingerprint density at radius 2 is 0.906 bits per heavy atom. The highest BCUT2D eigenvalue weighted by Gasteiger charge is 2.63. The number of fused-ring (bicyclic) bond motifs is 2. The van der Waals surface area contributed by atoms with E-state index >= 15 is 0 Å². The second-order valence-electron chi connectivity index (χ2n) is 13.8. The number of halogens is 9. The number of alkyl halides is 9. The number of hydrogen-bond donors (Lipinski definition) is 0. The fourth-order valence-corrected chi connectivity index (χ4v) is 12.9. The zero-order chi connectivity index (χ0) is 48.2. The van der Waals surface area contributed by atoms with Crippen molar-refractivity contribution in [3.63, 3.8) is 0 Å². The molecule has 0 spiro atoms. The molecule has 22 heteroatoms. The molecule has 0 radical (unpaired) electrons. The number of sulfone groups is 3. The van der Waals surface area contributed by atoms with Gasteiger partial charge in [-0.3, -0.25) is 25.3 Å². The molecule has 64 heavy (non-hydrogen) atoms. The largest absolute Gasteiger partial charge is 0.470 e. The highest BCUT2D eigenvalue weighted by Crippen LogP contribution is 2.48. The zero-order valence-corrected chi connectivity index (χ0v) is 37.8. The Bertz CT molecular complexity index is 2650. The maximum absolute atomic E-state index is 12.0. The van der Waals surface area contributed by atoms with Crippen molar-refractivity contribution in [1.29, 1.82) is 0 Å². The average Bonchev–Trinajstić information content (AvgIpc) is 3.22. The Labute approximate surface area is 366 Å². The van der Waals surface area contributed by atoms with Crippen LogP contribution in [0.2, 0.25) is 0 Å². The molecule has 0 atom stereocenters. The molecule has 0 heterocycles. The summed E-state index contributed by atoms with van der Waals surface area (Å²) in [6, 6.07) is 31.5. The molecule has 350 valence electrons. The number of anilines is 2. The van der Waals surface area contributed by atoms with Crippen molar-refractivity contribution in [3.8, 4) is 0 Å². The lowest BCUT2D eigenvalue weighted by Crippen LogP contribution is -2.47. The van der Waals surface area contributed by atoms with Gasteiger partial charge in [0.05, 0.1) is 20.4 Å². The summed E-state index contributed by atoms with van der Waals surface area (Å²) in [5.74, 6) is 0. The SMILES string of the molecule is CCN(CC)c1ccc([N+](=C2C=CC(=[N+](CC)CC)c3ccccc32)c2ccc(N(CC)CC)c3ccccc23)cc1.O=S(=O)([C-](S(=O)(=O)C(F)(F)F)S(=O)(=O)C(F)(F)F)C(F)(F)F. The quantitative estimate of drug-likeness (QED) is 0.0740. The third-order valence-corrected chi connectivity index (χ3v) is 17.3. The van der Waals surface area contributed by atoms with E-state index in [1.54, 1.807) is 0 Å². The van der Waals surface area contributed by atoms with Crippen molar-refractivity contribution < 1.29 is 69.3 Å². The summed E-state index contributed by atoms with van der Waals surface area (Å²) in [5.41, 5.74) is -11.2. The molecule has 0 amide bonds. The van der Waals surface area contributed by atoms with Gasteiger partial charge in [-0.25, -0.2) is 4.58 Å². The van der Waals surface area contributed by atoms with Gasteiger partial charge in [0.25, 0.3) is 0 Å². The maximum Gasteiger partial charge on any atom is 0.470 e. The molecule has 4 aromatic rings. The molecule has 0 bridgehead atoms. The Morgan fingerprint density at radius 3 is 1.33 bits per heavy atom. The second kappa shape index (κ2) is 19.6. The standard InChI is InChI=1S/C38H46N4.C4F9O6S3/c1-7-39(8-2)29-21-23-30(24-22-29)42(37-27-25-35(40(9-3)10-4)31-17-13-15-19-33(31)37)38-28-26-36(41(11-5)12-6)32-18-14-16-20-34(32)38;5-2(6,7)20(14,15)1(21(16,17)3(8,9)10)22(18,19)4(11,12)13/h13-28H,7-12H2,1-6H3;/q+2;-1. The van der Waals surface area contributed by atoms with Gasteiger partial charge in [0.1, 0.15) is 13.1 Å². The molecule has 0 N–H and O–H groups in total. The maximum atomic E-state index is 12.0. The van der Waals surface area contributed by atoms with Crippen molar-refractivity contribution in [2.24, 2.45) is 0 Å². The van der Waals surface area contributed by atoms with E-state index in [0.717, 1.165) is 45.0 Å². The van der Waals surface area contributed by atoms with Crippen LogP contribution >= 0.6 is 0 Å². The third kappa shape index (κ3) is 9.97. The van der Waals surface area contributed by atoms with Crippen molar-refractivity contribution >= 4 is 74.5 Å². The third-order valence-electron chi connectivity index (χ3n) is 10.3. The second-order valence-corrected chi connectivity index (χ2v) is 20.2. The molecular weight excluding hydrogens is 924 g/mol. The summed E-state index contributed by atoms with van der Waals surface area (Å²) in [5, 5.41) is 2.54. The van der Waals surface area contributed by atoms with Crippen LogP contribution in [0.15, 0.2) is 97.1 Å². The molecule has 1 aliphatic carbocycles. The van der Waals surface area contributed by atoms with Gasteiger partial charge >= 0.3 is 16.5 Å². The molecule has 0 unspecified atom stereocenters. The number of rotatable bonds is 13. The highest BCUT2D eigenvalue weighted by atomic mass is 32.3. The van der Waals surface area contributed by atoms with E-state index in [1.165, 1.54) is 50.4 Å². The molecule has 10 nitrogen and oxygen atoms in total. The molecule has 0 aromatic heterocycles. The van der Waals surface area contributed by atoms with Gasteiger partial charge in [-0.2, -0.15) is 44.1 Å². The van der Waals surface area contributed by atoms with Crippen LogP contribution in [0.3, 0.4) is 0 Å². The lowest BCUT2D eigenvalue weighted by molar-refractivity contribution is -0.519. The molecule has 0 aliphatic heterocycles. The topological polar surface area (TPSA) is 115 Å². The number of hydrogen-bond acceptors (Lipinski definition) is 8. The summed E-state index contributed by atoms with van der Waals surface area (Å²) >= 11 is 0. The van der Waals surface area contributed by atoms with Gasteiger partial charge in [-0.1, -0.05) is 30.3 Å². The first kappa shape index (κ1) is 51.7. The minimum atomic E-state index is -8.02. The van der Waals surface area contributed by atoms with E-state index < -0.39 is 50.0 Å². The van der Waals surface area contributed by atoms with Gasteiger partial charge in [-0.05, 0) is 77.9 Å². The lowest BCUT2D eigenvalue weighted by atomic mass is 9.92. The molecular formula is C42H46F9N4O6S3+. The van der Waals surface area contributed by atoms with E-state index in [9.17, 15) is 64.8 Å². The summed E-state index contributed by atoms with van der Waals surface area (Å²) in [6.45, 7) is 19.3. The van der Waals surface area contributed by atoms with Crippen LogP contribution in [0.5, 0.6) is 0 Å². The fraction of sp³-hybridized carbons (Fsp3) is 0.357. The molecule has 0 fully saturated rings. The smallest absolute Gasteiger partial charge is 0.372 e. The summed E-state index contributed by atoms with van der Waals surface area (Å²) in [7, 11) is -24.1. The van der Waals surface area contributed by atoms with Crippen molar-refractivity contribution in [2.45, 2.75) is 58.1 Å². The first-order valence-corrected chi connectivity index (χ1v) is 24.2. The van der Waals surface area contributed by atoms with Crippen molar-refractivity contribution in [2.75, 3.05) is 49.1 Å². The Morgan fingerprint density at radius 1 is 0.500 bits per heavy atom. The van der Waals surface area contributed by atoms with Gasteiger partial charge in [0, 0.05) is 73.3 Å². The minimum absolute atomic E-state index is 0.980. The predicted molar refractivity (Wildman–Crippen MR) is 232 cm³/mol. The van der Waals surface area contributed by atoms with Crippen LogP contribution in [0.4, 0.5) is 62.3 Å². The van der Waals surface area contributed by atoms with E-state index in [0.29, 0.717) is 0 Å². The Kier molecular flexibility index (Phi) is 15.9. The number of allylic oxidation sites excluding steroid dienone is 2. The van der Waals surface area contributed by atoms with Crippen molar-refractivity contribution in [3.05, 3.63) is 112 Å². The summed E-state index contributed by atoms with van der Waals surface area (Å²) < 4.78 is 172. The summed E-state index contributed by atoms with van der Waals surface area (Å²) in [4.78, 5) is 4.85. The normalized spacial score (nSPS) is 14.5. The number of benzene rings is 4. The molecule has 1 aliphatic rings. The lowest BCUT2D eigenvalue weighted by Gasteiger charge is -2.31. The van der Waals surface area contributed by atoms with Gasteiger partial charge in [0.2, 0.25) is 22.8 Å². The Balaban J connectivity index is 0.000000347. The zero-order valence-electron chi connectivity index (χ0n) is 35.3. The Hall–Kier alpha value is -4.96. The van der Waals surface area contributed by atoms with Gasteiger partial charge in [-0.15, -0.1) is 0 Å². The van der Waals surface area contributed by atoms with Crippen molar-refractivity contribution in [1.82, 2.24) is 4.58 Å². The van der Waals surface area contributed by atoms with E-state index in [-0.39, 0.29) is 0 Å². The highest BCUT2D eigenvalue weighted by molar-refractivity contribution is 8.29. The van der Waals surface area contributed by atoms with Crippen LogP contribution in [0.1, 0.15) is 52.7 Å². The first-order valence-electron chi connectivity index (χ1n) is 19.7. The monoisotopic (exact) mass is 969 g/mol. The van der Waals surface area contributed by atoms with Crippen LogP contribution in [-0.2, 0) is 29.5 Å². The van der Waals surface area contributed by atoms with Crippen LogP contribution in [0.25, 0.3) is 10.8 Å². The van der Waals surface area contributed by atoms with E-state index in [1.807, 2.05) is 0 Å². The van der Waals surface area contributed by atoms with Gasteiger partial charge in [0.15, 0.2) is 29.5 Å². The van der Waals surface area contributed by atoms with Gasteiger partial charge < -0.3 is 9.80 Å².